The zero-order chi connectivity index (χ0) is 20.3. The molecule has 5 aliphatic rings. The summed E-state index contributed by atoms with van der Waals surface area (Å²) in [7, 11) is 0. The van der Waals surface area contributed by atoms with Gasteiger partial charge in [-0.15, -0.1) is 0 Å². The van der Waals surface area contributed by atoms with Crippen LogP contribution in [0.25, 0.3) is 0 Å². The molecule has 7 rings (SSSR count). The molecule has 0 amide bonds. The fraction of sp³-hybridized carbons (Fsp3) is 0.667. The number of rotatable bonds is 5. The Kier molecular flexibility index (Phi) is 4.26. The van der Waals surface area contributed by atoms with Gasteiger partial charge in [0.05, 0.1) is 17.9 Å². The first-order valence-electron chi connectivity index (χ1n) is 11.0. The molecular weight excluding hydrogens is 382 g/mol. The molecule has 0 spiro atoms. The number of aryl methyl sites for hydroxylation is 1. The molecule has 3 atom stereocenters. The maximum Gasteiger partial charge on any atom is 0.225 e. The number of anilines is 3. The summed E-state index contributed by atoms with van der Waals surface area (Å²) in [4.78, 5) is 9.54. The summed E-state index contributed by atoms with van der Waals surface area (Å²) in [5.41, 5.74) is 1.35. The van der Waals surface area contributed by atoms with Crippen LogP contribution < -0.4 is 16.0 Å². The Labute approximate surface area is 175 Å². The second-order valence-electron chi connectivity index (χ2n) is 9.63. The fourth-order valence-corrected chi connectivity index (χ4v) is 6.32. The second kappa shape index (κ2) is 6.90. The number of hydrogen-bond acceptors (Lipinski definition) is 8. The van der Waals surface area contributed by atoms with Crippen molar-refractivity contribution in [2.45, 2.75) is 56.9 Å². The van der Waals surface area contributed by atoms with Crippen LogP contribution in [0.5, 0.6) is 0 Å². The molecule has 0 aromatic carbocycles. The third-order valence-corrected chi connectivity index (χ3v) is 7.23. The number of H-pyrrole nitrogens is 1. The van der Waals surface area contributed by atoms with Crippen molar-refractivity contribution < 1.29 is 9.84 Å². The molecule has 5 N–H and O–H groups in total. The van der Waals surface area contributed by atoms with E-state index in [-0.39, 0.29) is 6.23 Å². The summed E-state index contributed by atoms with van der Waals surface area (Å²) in [6.45, 7) is 3.45. The molecule has 30 heavy (non-hydrogen) atoms. The Balaban J connectivity index is 1.28. The Morgan fingerprint density at radius 2 is 1.97 bits per heavy atom. The van der Waals surface area contributed by atoms with Crippen molar-refractivity contribution in [3.05, 3.63) is 23.5 Å². The molecule has 2 aromatic rings. The van der Waals surface area contributed by atoms with Crippen LogP contribution in [0.1, 0.15) is 49.7 Å². The second-order valence-corrected chi connectivity index (χ2v) is 9.63. The van der Waals surface area contributed by atoms with E-state index in [1.165, 1.54) is 12.8 Å². The summed E-state index contributed by atoms with van der Waals surface area (Å²) < 4.78 is 5.79. The number of aliphatic hydroxyl groups is 1. The average molecular weight is 412 g/mol. The molecule has 3 unspecified atom stereocenters. The van der Waals surface area contributed by atoms with Gasteiger partial charge in [-0.1, -0.05) is 0 Å². The van der Waals surface area contributed by atoms with Crippen molar-refractivity contribution in [3.8, 4) is 0 Å². The van der Waals surface area contributed by atoms with Crippen molar-refractivity contribution in [2.24, 2.45) is 17.8 Å². The van der Waals surface area contributed by atoms with Crippen molar-refractivity contribution in [1.82, 2.24) is 25.5 Å². The van der Waals surface area contributed by atoms with Gasteiger partial charge >= 0.3 is 0 Å². The molecule has 4 aliphatic carbocycles. The molecule has 4 saturated carbocycles. The van der Waals surface area contributed by atoms with Crippen molar-refractivity contribution in [3.63, 3.8) is 0 Å². The van der Waals surface area contributed by atoms with Crippen LogP contribution in [0, 0.1) is 24.7 Å². The van der Waals surface area contributed by atoms with Gasteiger partial charge in [0.2, 0.25) is 5.95 Å². The van der Waals surface area contributed by atoms with Gasteiger partial charge in [-0.25, -0.2) is 4.98 Å². The Bertz CT molecular complexity index is 925. The highest BCUT2D eigenvalue weighted by Gasteiger charge is 2.54. The summed E-state index contributed by atoms with van der Waals surface area (Å²) in [5, 5.41) is 28.3. The van der Waals surface area contributed by atoms with Crippen LogP contribution in [0.15, 0.2) is 12.1 Å². The lowest BCUT2D eigenvalue weighted by molar-refractivity contribution is -0.129. The lowest BCUT2D eigenvalue weighted by Gasteiger charge is -2.58. The third-order valence-electron chi connectivity index (χ3n) is 7.23. The quantitative estimate of drug-likeness (QED) is 0.508. The molecular formula is C21H29N7O2. The van der Waals surface area contributed by atoms with E-state index in [0.717, 1.165) is 43.0 Å². The standard InChI is InChI=1S/C21H29N7O2/c1-11-4-17(28-27-11)24-16-7-15(19-22-2-3-30-19)23-20(25-16)26-18-13-5-12-6-14(18)10-21(29,8-12)9-13/h4,7,12-14,18-19,22,29H,2-3,5-6,8-10H2,1H3,(H3,23,24,25,26,27,28). The van der Waals surface area contributed by atoms with Crippen LogP contribution in [-0.2, 0) is 4.74 Å². The number of nitrogens with one attached hydrogen (secondary N) is 4. The zero-order valence-corrected chi connectivity index (χ0v) is 17.2. The summed E-state index contributed by atoms with van der Waals surface area (Å²) in [6.07, 6.45) is 4.93. The molecule has 4 bridgehead atoms. The highest BCUT2D eigenvalue weighted by atomic mass is 16.5. The first-order valence-corrected chi connectivity index (χ1v) is 11.0. The monoisotopic (exact) mass is 411 g/mol. The molecule has 2 aromatic heterocycles. The van der Waals surface area contributed by atoms with E-state index in [9.17, 15) is 5.11 Å². The Morgan fingerprint density at radius 1 is 1.13 bits per heavy atom. The number of nitrogens with zero attached hydrogens (tertiary/aromatic N) is 3. The van der Waals surface area contributed by atoms with E-state index < -0.39 is 5.60 Å². The van der Waals surface area contributed by atoms with Gasteiger partial charge in [-0.2, -0.15) is 10.1 Å². The SMILES string of the molecule is Cc1cc(Nc2cc(C3NCCO3)nc(NC3C4CC5CC3CC(O)(C5)C4)n2)n[nH]1. The van der Waals surface area contributed by atoms with E-state index in [0.29, 0.717) is 42.2 Å². The van der Waals surface area contributed by atoms with Gasteiger partial charge in [-0.05, 0) is 56.8 Å². The minimum Gasteiger partial charge on any atom is -0.390 e. The smallest absolute Gasteiger partial charge is 0.225 e. The van der Waals surface area contributed by atoms with Crippen LogP contribution in [0.4, 0.5) is 17.6 Å². The van der Waals surface area contributed by atoms with Gasteiger partial charge in [0.25, 0.3) is 0 Å². The number of hydrogen-bond donors (Lipinski definition) is 5. The van der Waals surface area contributed by atoms with E-state index in [4.69, 9.17) is 14.7 Å². The molecule has 9 heteroatoms. The normalized spacial score (nSPS) is 36.9. The minimum absolute atomic E-state index is 0.228. The largest absolute Gasteiger partial charge is 0.390 e. The van der Waals surface area contributed by atoms with Gasteiger partial charge in [0.1, 0.15) is 5.82 Å². The summed E-state index contributed by atoms with van der Waals surface area (Å²) >= 11 is 0. The van der Waals surface area contributed by atoms with Crippen molar-refractivity contribution >= 4 is 17.6 Å². The van der Waals surface area contributed by atoms with Crippen molar-refractivity contribution in [1.29, 1.82) is 0 Å². The predicted octanol–water partition coefficient (Wildman–Crippen LogP) is 2.22. The number of aromatic nitrogens is 4. The molecule has 160 valence electrons. The number of aromatic amines is 1. The van der Waals surface area contributed by atoms with Crippen molar-refractivity contribution in [2.75, 3.05) is 23.8 Å². The van der Waals surface area contributed by atoms with Gasteiger partial charge in [0.15, 0.2) is 12.0 Å². The van der Waals surface area contributed by atoms with Crippen LogP contribution >= 0.6 is 0 Å². The third kappa shape index (κ3) is 3.34. The molecule has 9 nitrogen and oxygen atoms in total. The Morgan fingerprint density at radius 3 is 2.63 bits per heavy atom. The van der Waals surface area contributed by atoms with E-state index in [2.05, 4.69) is 26.1 Å². The van der Waals surface area contributed by atoms with Gasteiger partial charge in [0, 0.05) is 30.4 Å². The first kappa shape index (κ1) is 18.5. The topological polar surface area (TPSA) is 120 Å². The van der Waals surface area contributed by atoms with E-state index >= 15 is 0 Å². The molecule has 1 aliphatic heterocycles. The van der Waals surface area contributed by atoms with Crippen LogP contribution in [0.3, 0.4) is 0 Å². The molecule has 5 fully saturated rings. The first-order chi connectivity index (χ1) is 14.5. The lowest BCUT2D eigenvalue weighted by atomic mass is 9.52. The molecule has 1 saturated heterocycles. The van der Waals surface area contributed by atoms with E-state index in [1.54, 1.807) is 0 Å². The highest BCUT2D eigenvalue weighted by molar-refractivity contribution is 5.54. The van der Waals surface area contributed by atoms with E-state index in [1.807, 2.05) is 19.1 Å². The van der Waals surface area contributed by atoms with Gasteiger partial charge in [-0.3, -0.25) is 10.4 Å². The number of ether oxygens (including phenoxy) is 1. The highest BCUT2D eigenvalue weighted by Crippen LogP contribution is 2.56. The van der Waals surface area contributed by atoms with Crippen LogP contribution in [-0.4, -0.2) is 50.1 Å². The molecule has 3 heterocycles. The minimum atomic E-state index is -0.441. The maximum atomic E-state index is 10.9. The molecule has 0 radical (unpaired) electrons. The fourth-order valence-electron chi connectivity index (χ4n) is 6.32. The van der Waals surface area contributed by atoms with Gasteiger partial charge < -0.3 is 20.5 Å². The maximum absolute atomic E-state index is 10.9. The lowest BCUT2D eigenvalue weighted by Crippen LogP contribution is -2.59. The predicted molar refractivity (Wildman–Crippen MR) is 111 cm³/mol. The zero-order valence-electron chi connectivity index (χ0n) is 17.2. The van der Waals surface area contributed by atoms with Crippen LogP contribution in [0.2, 0.25) is 0 Å². The summed E-state index contributed by atoms with van der Waals surface area (Å²) in [5.74, 6) is 3.67. The average Bonchev–Trinajstić information content (AvgIpc) is 3.35. The summed E-state index contributed by atoms with van der Waals surface area (Å²) in [6, 6.07) is 4.17. The Hall–Kier alpha value is -2.23.